The Morgan fingerprint density at radius 3 is 2.68 bits per heavy atom. The van der Waals surface area contributed by atoms with Crippen molar-refractivity contribution in [2.75, 3.05) is 11.9 Å². The number of carbonyl (C=O) groups is 1. The number of para-hydroxylation sites is 1. The third-order valence-electron chi connectivity index (χ3n) is 4.86. The first-order valence-electron chi connectivity index (χ1n) is 9.12. The molecular weight excluding hydrogens is 475 g/mol. The molecule has 164 valence electrons. The van der Waals surface area contributed by atoms with Crippen molar-refractivity contribution in [1.82, 2.24) is 9.29 Å². The molecule has 1 saturated heterocycles. The van der Waals surface area contributed by atoms with Gasteiger partial charge in [0.25, 0.3) is 0 Å². The fraction of sp³-hybridized carbons (Fsp3) is 0.263. The van der Waals surface area contributed by atoms with Crippen LogP contribution in [0.3, 0.4) is 0 Å². The summed E-state index contributed by atoms with van der Waals surface area (Å²) in [5, 5.41) is 2.65. The molecule has 0 unspecified atom stereocenters. The maximum Gasteiger partial charge on any atom is 0.417 e. The second kappa shape index (κ2) is 8.05. The van der Waals surface area contributed by atoms with E-state index in [0.29, 0.717) is 18.0 Å². The van der Waals surface area contributed by atoms with Crippen LogP contribution in [0.5, 0.6) is 0 Å². The number of alkyl halides is 3. The van der Waals surface area contributed by atoms with Gasteiger partial charge in [0.2, 0.25) is 15.9 Å². The van der Waals surface area contributed by atoms with Crippen LogP contribution in [0.4, 0.5) is 18.3 Å². The fourth-order valence-corrected chi connectivity index (χ4v) is 6.37. The normalized spacial score (nSPS) is 17.9. The van der Waals surface area contributed by atoms with E-state index in [0.717, 1.165) is 21.1 Å². The number of benzene rings is 2. The van der Waals surface area contributed by atoms with E-state index in [1.807, 2.05) is 12.1 Å². The van der Waals surface area contributed by atoms with Crippen molar-refractivity contribution < 1.29 is 26.4 Å². The van der Waals surface area contributed by atoms with Crippen LogP contribution < -0.4 is 5.32 Å². The topological polar surface area (TPSA) is 79.4 Å². The molecule has 0 saturated carbocycles. The lowest BCUT2D eigenvalue weighted by atomic mass is 10.2. The summed E-state index contributed by atoms with van der Waals surface area (Å²) >= 11 is 6.88. The van der Waals surface area contributed by atoms with Gasteiger partial charge in [-0.05, 0) is 43.2 Å². The minimum atomic E-state index is -4.92. The predicted octanol–water partition coefficient (Wildman–Crippen LogP) is 4.76. The van der Waals surface area contributed by atoms with Gasteiger partial charge in [-0.15, -0.1) is 0 Å². The van der Waals surface area contributed by atoms with E-state index in [1.165, 1.54) is 11.3 Å². The molecule has 0 spiro atoms. The zero-order valence-corrected chi connectivity index (χ0v) is 18.1. The van der Waals surface area contributed by atoms with Crippen molar-refractivity contribution in [2.45, 2.75) is 30.0 Å². The number of anilines is 1. The first-order chi connectivity index (χ1) is 14.6. The first-order valence-corrected chi connectivity index (χ1v) is 11.8. The summed E-state index contributed by atoms with van der Waals surface area (Å²) in [6.07, 6.45) is -4.40. The Labute approximate surface area is 184 Å². The summed E-state index contributed by atoms with van der Waals surface area (Å²) in [6.45, 7) is -0.0693. The van der Waals surface area contributed by atoms with Gasteiger partial charge in [0.15, 0.2) is 5.13 Å². The number of carbonyl (C=O) groups excluding carboxylic acids is 1. The van der Waals surface area contributed by atoms with Crippen molar-refractivity contribution in [3.8, 4) is 0 Å². The summed E-state index contributed by atoms with van der Waals surface area (Å²) in [4.78, 5) is 16.2. The maximum absolute atomic E-state index is 13.5. The number of hydrogen-bond donors (Lipinski definition) is 1. The number of sulfonamides is 1. The second-order valence-corrected chi connectivity index (χ2v) is 10.2. The Bertz CT molecular complexity index is 1230. The van der Waals surface area contributed by atoms with Gasteiger partial charge in [0.1, 0.15) is 6.04 Å². The number of fused-ring (bicyclic) bond motifs is 1. The number of hydrogen-bond acceptors (Lipinski definition) is 5. The summed E-state index contributed by atoms with van der Waals surface area (Å²) in [7, 11) is -4.60. The maximum atomic E-state index is 13.5. The van der Waals surface area contributed by atoms with Crippen molar-refractivity contribution in [1.29, 1.82) is 0 Å². The number of aromatic nitrogens is 1. The lowest BCUT2D eigenvalue weighted by Gasteiger charge is -2.24. The van der Waals surface area contributed by atoms with Crippen LogP contribution in [0.2, 0.25) is 5.02 Å². The van der Waals surface area contributed by atoms with E-state index < -0.39 is 38.6 Å². The van der Waals surface area contributed by atoms with E-state index in [-0.39, 0.29) is 23.1 Å². The van der Waals surface area contributed by atoms with Crippen molar-refractivity contribution >= 4 is 54.2 Å². The van der Waals surface area contributed by atoms with Gasteiger partial charge in [0, 0.05) is 11.6 Å². The quantitative estimate of drug-likeness (QED) is 0.573. The molecule has 3 aromatic rings. The van der Waals surface area contributed by atoms with Gasteiger partial charge >= 0.3 is 6.18 Å². The van der Waals surface area contributed by atoms with Crippen LogP contribution in [-0.2, 0) is 21.0 Å². The van der Waals surface area contributed by atoms with Crippen molar-refractivity contribution in [3.63, 3.8) is 0 Å². The number of thiazole rings is 1. The highest BCUT2D eigenvalue weighted by molar-refractivity contribution is 7.89. The van der Waals surface area contributed by atoms with Gasteiger partial charge < -0.3 is 5.32 Å². The molecule has 4 rings (SSSR count). The molecule has 1 N–H and O–H groups in total. The average Bonchev–Trinajstić information content (AvgIpc) is 3.34. The molecule has 1 aliphatic heterocycles. The summed E-state index contributed by atoms with van der Waals surface area (Å²) in [6, 6.07) is 8.54. The van der Waals surface area contributed by atoms with Crippen LogP contribution in [0.25, 0.3) is 10.2 Å². The lowest BCUT2D eigenvalue weighted by Crippen LogP contribution is -2.43. The minimum absolute atomic E-state index is 0.0693. The molecule has 0 aliphatic carbocycles. The standard InChI is InChI=1S/C19H15ClF3N3O3S2/c20-11-7-8-16(12(10-11)19(21,22)23)31(28,29)26-9-3-5-14(26)17(27)25-18-24-13-4-1-2-6-15(13)30-18/h1-2,4,6-8,10,14H,3,5,9H2,(H,24,25,27)/t14-/m1/s1. The molecule has 1 atom stereocenters. The molecule has 1 aromatic heterocycles. The fourth-order valence-electron chi connectivity index (χ4n) is 3.48. The SMILES string of the molecule is O=C(Nc1nc2ccccc2s1)[C@H]1CCCN1S(=O)(=O)c1ccc(Cl)cc1C(F)(F)F. The number of halogens is 4. The summed E-state index contributed by atoms with van der Waals surface area (Å²) < 4.78 is 68.3. The summed E-state index contributed by atoms with van der Waals surface area (Å²) in [5.74, 6) is -0.636. The molecule has 2 aromatic carbocycles. The minimum Gasteiger partial charge on any atom is -0.301 e. The number of rotatable bonds is 4. The molecule has 1 amide bonds. The van der Waals surface area contributed by atoms with Gasteiger partial charge in [0.05, 0.1) is 20.7 Å². The van der Waals surface area contributed by atoms with Crippen LogP contribution in [0, 0.1) is 0 Å². The summed E-state index contributed by atoms with van der Waals surface area (Å²) in [5.41, 5.74) is -0.688. The zero-order valence-electron chi connectivity index (χ0n) is 15.7. The van der Waals surface area contributed by atoms with Gasteiger partial charge in [-0.25, -0.2) is 13.4 Å². The Morgan fingerprint density at radius 1 is 1.23 bits per heavy atom. The van der Waals surface area contributed by atoms with Crippen molar-refractivity contribution in [2.24, 2.45) is 0 Å². The third kappa shape index (κ3) is 4.27. The largest absolute Gasteiger partial charge is 0.417 e. The number of nitrogens with zero attached hydrogens (tertiary/aromatic N) is 2. The highest BCUT2D eigenvalue weighted by Crippen LogP contribution is 2.38. The highest BCUT2D eigenvalue weighted by Gasteiger charge is 2.44. The molecule has 12 heteroatoms. The Kier molecular flexibility index (Phi) is 5.71. The van der Waals surface area contributed by atoms with E-state index in [1.54, 1.807) is 12.1 Å². The molecule has 1 fully saturated rings. The molecule has 0 bridgehead atoms. The molecular formula is C19H15ClF3N3O3S2. The molecule has 31 heavy (non-hydrogen) atoms. The molecule has 2 heterocycles. The van der Waals surface area contributed by atoms with Crippen LogP contribution >= 0.6 is 22.9 Å². The molecule has 1 aliphatic rings. The first kappa shape index (κ1) is 22.0. The predicted molar refractivity (Wildman–Crippen MR) is 112 cm³/mol. The van der Waals surface area contributed by atoms with E-state index in [2.05, 4.69) is 10.3 Å². The monoisotopic (exact) mass is 489 g/mol. The van der Waals surface area contributed by atoms with Gasteiger partial charge in [-0.2, -0.15) is 17.5 Å². The van der Waals surface area contributed by atoms with E-state index in [9.17, 15) is 26.4 Å². The lowest BCUT2D eigenvalue weighted by molar-refractivity contribution is -0.139. The van der Waals surface area contributed by atoms with Gasteiger partial charge in [-0.3, -0.25) is 4.79 Å². The van der Waals surface area contributed by atoms with E-state index in [4.69, 9.17) is 11.6 Å². The van der Waals surface area contributed by atoms with Gasteiger partial charge in [-0.1, -0.05) is 35.1 Å². The Balaban J connectivity index is 1.64. The van der Waals surface area contributed by atoms with Crippen LogP contribution in [0.1, 0.15) is 18.4 Å². The third-order valence-corrected chi connectivity index (χ3v) is 8.02. The van der Waals surface area contributed by atoms with E-state index >= 15 is 0 Å². The Morgan fingerprint density at radius 2 is 1.97 bits per heavy atom. The molecule has 0 radical (unpaired) electrons. The van der Waals surface area contributed by atoms with Crippen molar-refractivity contribution in [3.05, 3.63) is 53.1 Å². The van der Waals surface area contributed by atoms with Crippen LogP contribution in [0.15, 0.2) is 47.4 Å². The smallest absolute Gasteiger partial charge is 0.301 e. The Hall–Kier alpha value is -2.21. The average molecular weight is 490 g/mol. The molecule has 6 nitrogen and oxygen atoms in total. The highest BCUT2D eigenvalue weighted by atomic mass is 35.5. The number of nitrogens with one attached hydrogen (secondary N) is 1. The number of amides is 1. The second-order valence-electron chi connectivity index (χ2n) is 6.89. The van der Waals surface area contributed by atoms with Crippen LogP contribution in [-0.4, -0.2) is 36.2 Å². The zero-order chi connectivity index (χ0) is 22.4.